The highest BCUT2D eigenvalue weighted by atomic mass is 16.4. The van der Waals surface area contributed by atoms with Crippen LogP contribution in [-0.4, -0.2) is 44.3 Å². The summed E-state index contributed by atoms with van der Waals surface area (Å²) < 4.78 is 0. The molecule has 0 fully saturated rings. The molecule has 0 aromatic rings. The van der Waals surface area contributed by atoms with Gasteiger partial charge in [-0.05, 0) is 5.57 Å². The molecule has 1 atom stereocenters. The second-order valence-electron chi connectivity index (χ2n) is 4.67. The smallest absolute Gasteiger partial charge is 0.336 e. The van der Waals surface area contributed by atoms with Gasteiger partial charge in [0.25, 0.3) is 0 Å². The van der Waals surface area contributed by atoms with Crippen LogP contribution in [0.15, 0.2) is 47.1 Å². The van der Waals surface area contributed by atoms with E-state index >= 15 is 0 Å². The molecule has 22 heavy (non-hydrogen) atoms. The van der Waals surface area contributed by atoms with Crippen molar-refractivity contribution in [3.05, 3.63) is 47.1 Å². The third kappa shape index (κ3) is 1.93. The largest absolute Gasteiger partial charge is 0.481 e. The zero-order valence-corrected chi connectivity index (χ0v) is 10.9. The molecular formula is C14H10O8. The highest BCUT2D eigenvalue weighted by Crippen LogP contribution is 2.45. The van der Waals surface area contributed by atoms with Crippen LogP contribution < -0.4 is 0 Å². The first kappa shape index (κ1) is 15.2. The number of allylic oxidation sites excluding steroid dienone is 2. The van der Waals surface area contributed by atoms with Gasteiger partial charge in [-0.2, -0.15) is 0 Å². The van der Waals surface area contributed by atoms with Crippen molar-refractivity contribution < 1.29 is 39.6 Å². The molecule has 0 saturated carbocycles. The second kappa shape index (κ2) is 4.99. The zero-order valence-electron chi connectivity index (χ0n) is 10.9. The summed E-state index contributed by atoms with van der Waals surface area (Å²) in [6, 6.07) is 0. The minimum Gasteiger partial charge on any atom is -0.481 e. The molecule has 0 aromatic heterocycles. The number of rotatable bonds is 4. The monoisotopic (exact) mass is 306 g/mol. The molecule has 0 spiro atoms. The molecular weight excluding hydrogens is 296 g/mol. The summed E-state index contributed by atoms with van der Waals surface area (Å²) in [5.74, 6) is -7.79. The van der Waals surface area contributed by atoms with Gasteiger partial charge < -0.3 is 20.4 Å². The molecule has 0 bridgehead atoms. The first-order chi connectivity index (χ1) is 10.2. The quantitative estimate of drug-likeness (QED) is 0.541. The lowest BCUT2D eigenvalue weighted by atomic mass is 9.66. The Morgan fingerprint density at radius 1 is 1.00 bits per heavy atom. The molecule has 2 aliphatic carbocycles. The average Bonchev–Trinajstić information content (AvgIpc) is 2.44. The Morgan fingerprint density at radius 2 is 1.59 bits per heavy atom. The average molecular weight is 306 g/mol. The van der Waals surface area contributed by atoms with E-state index in [1.54, 1.807) is 0 Å². The molecule has 114 valence electrons. The van der Waals surface area contributed by atoms with Crippen molar-refractivity contribution in [2.75, 3.05) is 0 Å². The Labute approximate surface area is 123 Å². The van der Waals surface area contributed by atoms with Crippen molar-refractivity contribution in [1.82, 2.24) is 0 Å². The molecule has 0 amide bonds. The molecule has 1 unspecified atom stereocenters. The van der Waals surface area contributed by atoms with Gasteiger partial charge in [0.2, 0.25) is 5.41 Å². The van der Waals surface area contributed by atoms with Gasteiger partial charge in [-0.3, -0.25) is 14.4 Å². The van der Waals surface area contributed by atoms with E-state index in [4.69, 9.17) is 5.11 Å². The Bertz CT molecular complexity index is 705. The topological polar surface area (TPSA) is 149 Å². The maximum atomic E-state index is 11.6. The minimum atomic E-state index is -2.64. The van der Waals surface area contributed by atoms with Gasteiger partial charge in [0.15, 0.2) is 0 Å². The van der Waals surface area contributed by atoms with Crippen LogP contribution >= 0.6 is 0 Å². The van der Waals surface area contributed by atoms with Crippen molar-refractivity contribution in [2.45, 2.75) is 0 Å². The van der Waals surface area contributed by atoms with Crippen LogP contribution in [0.2, 0.25) is 0 Å². The molecule has 0 radical (unpaired) electrons. The lowest BCUT2D eigenvalue weighted by molar-refractivity contribution is -0.158. The summed E-state index contributed by atoms with van der Waals surface area (Å²) in [4.78, 5) is 45.7. The first-order valence-corrected chi connectivity index (χ1v) is 5.99. The summed E-state index contributed by atoms with van der Waals surface area (Å²) in [6.45, 7) is 0. The normalized spacial score (nSPS) is 21.8. The summed E-state index contributed by atoms with van der Waals surface area (Å²) in [6.07, 6.45) is 5.15. The van der Waals surface area contributed by atoms with E-state index < -0.39 is 46.4 Å². The van der Waals surface area contributed by atoms with E-state index in [1.807, 2.05) is 0 Å². The van der Waals surface area contributed by atoms with Crippen LogP contribution in [0.5, 0.6) is 0 Å². The van der Waals surface area contributed by atoms with Crippen LogP contribution in [0.1, 0.15) is 0 Å². The maximum absolute atomic E-state index is 11.6. The Balaban J connectivity index is 2.85. The molecule has 0 aromatic carbocycles. The van der Waals surface area contributed by atoms with Crippen LogP contribution in [0.4, 0.5) is 0 Å². The third-order valence-electron chi connectivity index (χ3n) is 3.54. The first-order valence-electron chi connectivity index (χ1n) is 5.99. The molecule has 0 saturated heterocycles. The number of carboxylic acids is 4. The van der Waals surface area contributed by atoms with Gasteiger partial charge in [-0.1, -0.05) is 30.4 Å². The van der Waals surface area contributed by atoms with Gasteiger partial charge in [0.05, 0.1) is 5.57 Å². The molecule has 4 N–H and O–H groups in total. The van der Waals surface area contributed by atoms with E-state index in [-0.39, 0.29) is 5.57 Å². The molecule has 0 heterocycles. The fourth-order valence-electron chi connectivity index (χ4n) is 2.54. The summed E-state index contributed by atoms with van der Waals surface area (Å²) in [5.41, 5.74) is -3.91. The van der Waals surface area contributed by atoms with E-state index in [0.29, 0.717) is 0 Å². The second-order valence-corrected chi connectivity index (χ2v) is 4.67. The fourth-order valence-corrected chi connectivity index (χ4v) is 2.54. The van der Waals surface area contributed by atoms with Gasteiger partial charge in [0.1, 0.15) is 5.92 Å². The standard InChI is InChI=1S/C14H10O8/c15-10(16)7-3-4-8(11(17)18)9-6(7)2-1-5-14(9,12(19)20)13(21)22/h1-5,7H,(H,15,16)(H,17,18)(H,19,20)(H,21,22). The van der Waals surface area contributed by atoms with Crippen LogP contribution in [0, 0.1) is 11.3 Å². The van der Waals surface area contributed by atoms with Gasteiger partial charge in [-0.25, -0.2) is 4.79 Å². The predicted octanol–water partition coefficient (Wildman–Crippen LogP) is 0.290. The van der Waals surface area contributed by atoms with Gasteiger partial charge in [-0.15, -0.1) is 0 Å². The lowest BCUT2D eigenvalue weighted by Crippen LogP contribution is -2.44. The SMILES string of the molecule is O=C(O)C1=C2C(=CC=CC2(C(=O)O)C(=O)O)C(C(=O)O)C=C1. The van der Waals surface area contributed by atoms with Crippen LogP contribution in [-0.2, 0) is 19.2 Å². The molecule has 2 aliphatic rings. The molecule has 8 heteroatoms. The van der Waals surface area contributed by atoms with Gasteiger partial charge in [0, 0.05) is 5.57 Å². The number of carbonyl (C=O) groups is 4. The number of aliphatic carboxylic acids is 4. The summed E-state index contributed by atoms with van der Waals surface area (Å²) >= 11 is 0. The van der Waals surface area contributed by atoms with E-state index in [9.17, 15) is 34.5 Å². The van der Waals surface area contributed by atoms with Crippen molar-refractivity contribution in [1.29, 1.82) is 0 Å². The van der Waals surface area contributed by atoms with Crippen molar-refractivity contribution in [2.24, 2.45) is 11.3 Å². The fraction of sp³-hybridized carbons (Fsp3) is 0.143. The molecule has 0 aliphatic heterocycles. The number of hydrogen-bond donors (Lipinski definition) is 4. The third-order valence-corrected chi connectivity index (χ3v) is 3.54. The zero-order chi connectivity index (χ0) is 16.7. The Kier molecular flexibility index (Phi) is 3.46. The molecule has 8 nitrogen and oxygen atoms in total. The Morgan fingerprint density at radius 3 is 2.05 bits per heavy atom. The van der Waals surface area contributed by atoms with E-state index in [0.717, 1.165) is 24.3 Å². The Hall–Kier alpha value is -3.16. The maximum Gasteiger partial charge on any atom is 0.336 e. The highest BCUT2D eigenvalue weighted by Gasteiger charge is 2.53. The summed E-state index contributed by atoms with van der Waals surface area (Å²) in [7, 11) is 0. The lowest BCUT2D eigenvalue weighted by Gasteiger charge is -2.33. The minimum absolute atomic E-state index is 0.167. The van der Waals surface area contributed by atoms with Crippen LogP contribution in [0.25, 0.3) is 0 Å². The van der Waals surface area contributed by atoms with Crippen molar-refractivity contribution in [3.8, 4) is 0 Å². The highest BCUT2D eigenvalue weighted by molar-refractivity contribution is 6.09. The van der Waals surface area contributed by atoms with Gasteiger partial charge >= 0.3 is 23.9 Å². The van der Waals surface area contributed by atoms with Crippen molar-refractivity contribution in [3.63, 3.8) is 0 Å². The molecule has 2 rings (SSSR count). The number of fused-ring (bicyclic) bond motifs is 1. The van der Waals surface area contributed by atoms with E-state index in [2.05, 4.69) is 0 Å². The number of carboxylic acid groups (broad SMARTS) is 4. The predicted molar refractivity (Wildman–Crippen MR) is 69.9 cm³/mol. The van der Waals surface area contributed by atoms with E-state index in [1.165, 1.54) is 6.08 Å². The van der Waals surface area contributed by atoms with Crippen LogP contribution in [0.3, 0.4) is 0 Å². The number of hydrogen-bond acceptors (Lipinski definition) is 4. The summed E-state index contributed by atoms with van der Waals surface area (Å²) in [5, 5.41) is 37.1. The van der Waals surface area contributed by atoms with Crippen molar-refractivity contribution >= 4 is 23.9 Å².